The molecular weight excluding hydrogens is 811 g/mol. The summed E-state index contributed by atoms with van der Waals surface area (Å²) >= 11 is 6.01. The van der Waals surface area contributed by atoms with Gasteiger partial charge in [-0.25, -0.2) is 29.5 Å². The van der Waals surface area contributed by atoms with Crippen LogP contribution in [0.1, 0.15) is 35.6 Å². The summed E-state index contributed by atoms with van der Waals surface area (Å²) in [5.41, 5.74) is 7.31. The van der Waals surface area contributed by atoms with E-state index < -0.39 is 0 Å². The number of hydrogen-bond donors (Lipinski definition) is 3. The van der Waals surface area contributed by atoms with Gasteiger partial charge in [0.2, 0.25) is 0 Å². The number of carbonyl (C=O) groups is 2. The van der Waals surface area contributed by atoms with Crippen molar-refractivity contribution < 1.29 is 19.3 Å². The summed E-state index contributed by atoms with van der Waals surface area (Å²) in [4.78, 5) is 67.9. The van der Waals surface area contributed by atoms with Crippen LogP contribution in [0.2, 0.25) is 5.15 Å². The number of pyridine rings is 4. The van der Waals surface area contributed by atoms with Crippen molar-refractivity contribution in [3.63, 3.8) is 0 Å². The minimum absolute atomic E-state index is 0.0826. The summed E-state index contributed by atoms with van der Waals surface area (Å²) < 4.78 is 4.76. The van der Waals surface area contributed by atoms with Crippen LogP contribution in [0, 0.1) is 27.7 Å². The van der Waals surface area contributed by atoms with Gasteiger partial charge in [0, 0.05) is 73.6 Å². The fraction of sp³-hybridized carbons (Fsp3) is 0.286. The molecule has 0 aromatic carbocycles. The number of urea groups is 2. The summed E-state index contributed by atoms with van der Waals surface area (Å²) in [6.45, 7) is 11.1. The highest BCUT2D eigenvalue weighted by atomic mass is 35.5. The average molecular weight is 854 g/mol. The van der Waals surface area contributed by atoms with Crippen molar-refractivity contribution in [2.24, 2.45) is 0 Å². The van der Waals surface area contributed by atoms with Crippen molar-refractivity contribution in [1.82, 2.24) is 39.9 Å². The van der Waals surface area contributed by atoms with Gasteiger partial charge < -0.3 is 19.5 Å². The number of carbonyl (C=O) groups excluding carboxylic acids is 2. The Morgan fingerprint density at radius 2 is 1.24 bits per heavy atom. The smallest absolute Gasteiger partial charge is 0.536 e. The Balaban J connectivity index is 0.000000141. The van der Waals surface area contributed by atoms with E-state index in [1.807, 2.05) is 58.0 Å². The monoisotopic (exact) mass is 853 g/mol. The van der Waals surface area contributed by atoms with Crippen molar-refractivity contribution in [2.45, 2.75) is 52.6 Å². The lowest BCUT2D eigenvalue weighted by Crippen LogP contribution is -2.48. The third-order valence-corrected chi connectivity index (χ3v) is 11.0. The fourth-order valence-electron chi connectivity index (χ4n) is 7.95. The Labute approximate surface area is 363 Å². The zero-order valence-corrected chi connectivity index (χ0v) is 35.2. The van der Waals surface area contributed by atoms with E-state index in [9.17, 15) is 9.59 Å². The van der Waals surface area contributed by atoms with Crippen LogP contribution in [0.25, 0.3) is 11.3 Å². The third kappa shape index (κ3) is 9.03. The van der Waals surface area contributed by atoms with Crippen LogP contribution >= 0.6 is 11.6 Å². The second-order valence-corrected chi connectivity index (χ2v) is 15.3. The number of aryl methyl sites for hydroxylation is 4. The van der Waals surface area contributed by atoms with Gasteiger partial charge in [0.15, 0.2) is 23.3 Å². The number of halogens is 1. The minimum Gasteiger partial charge on any atom is -0.536 e. The highest BCUT2D eigenvalue weighted by Crippen LogP contribution is 2.41. The zero-order valence-electron chi connectivity index (χ0n) is 34.5. The van der Waals surface area contributed by atoms with Gasteiger partial charge in [-0.1, -0.05) is 11.6 Å². The lowest BCUT2D eigenvalue weighted by atomic mass is 10.1. The molecule has 3 N–H and O–H groups in total. The van der Waals surface area contributed by atoms with Crippen LogP contribution in [0.15, 0.2) is 85.7 Å². The maximum absolute atomic E-state index is 13.2. The molecular formula is C42H43BClN14O4. The van der Waals surface area contributed by atoms with E-state index in [1.54, 1.807) is 40.5 Å². The van der Waals surface area contributed by atoms with Gasteiger partial charge in [-0.15, -0.1) is 0 Å². The topological polar surface area (TPSA) is 204 Å². The molecule has 0 saturated carbocycles. The second kappa shape index (κ2) is 18.3. The predicted octanol–water partition coefficient (Wildman–Crippen LogP) is 5.94. The molecule has 4 aliphatic rings. The first kappa shape index (κ1) is 41.7. The quantitative estimate of drug-likeness (QED) is 0.136. The Kier molecular flexibility index (Phi) is 12.3. The minimum atomic E-state index is -0.261. The number of nitrogens with one attached hydrogen (secondary N) is 2. The molecule has 315 valence electrons. The van der Waals surface area contributed by atoms with E-state index >= 15 is 0 Å². The normalized spacial score (nSPS) is 16.5. The summed E-state index contributed by atoms with van der Waals surface area (Å²) in [6, 6.07) is 15.0. The maximum Gasteiger partial charge on any atom is 0.569 e. The van der Waals surface area contributed by atoms with E-state index in [2.05, 4.69) is 61.4 Å². The molecule has 4 aliphatic heterocycles. The molecule has 18 nitrogen and oxygen atoms in total. The van der Waals surface area contributed by atoms with Crippen LogP contribution in [0.5, 0.6) is 5.75 Å². The standard InChI is InChI=1S/C21H21N7O.C14H13ClN6O.C7H9BNO2/c1-13-3-4-16(14(2)24-13)17-5-6-18-20(25-17)28(15-7-10-27(18)12-15)21(29)26-19-11-22-8-9-23-19;15-11-2-1-10-13(18-11)21(9-3-6-20(10)8-9)14(22)19-12-7-16-4-5-17-12;1-5-3-4-7(11-8-10)6(2)9-5/h3-6,8-9,11,15H,7,10,12H2,1-2H3,(H,23,26,29);1-2,4-5,7,9H,3,6,8H2,(H,17,19,22);3-4,10H,1-2H3/t15-;9-;/m00./s1. The Morgan fingerprint density at radius 1 is 0.694 bits per heavy atom. The molecule has 10 heterocycles. The van der Waals surface area contributed by atoms with Crippen LogP contribution in [-0.4, -0.2) is 103 Å². The lowest BCUT2D eigenvalue weighted by molar-refractivity contribution is 0.254. The molecule has 0 aliphatic carbocycles. The molecule has 6 aromatic rings. The van der Waals surface area contributed by atoms with Crippen molar-refractivity contribution in [3.8, 4) is 17.0 Å². The summed E-state index contributed by atoms with van der Waals surface area (Å²) in [5, 5.41) is 14.3. The van der Waals surface area contributed by atoms with Gasteiger partial charge in [-0.3, -0.25) is 40.4 Å². The van der Waals surface area contributed by atoms with Crippen LogP contribution in [-0.2, 0) is 0 Å². The third-order valence-electron chi connectivity index (χ3n) is 10.8. The summed E-state index contributed by atoms with van der Waals surface area (Å²) in [5.74, 6) is 2.70. The van der Waals surface area contributed by atoms with Crippen LogP contribution in [0.3, 0.4) is 0 Å². The number of aromatic nitrogens is 8. The van der Waals surface area contributed by atoms with Gasteiger partial charge in [0.1, 0.15) is 10.9 Å². The van der Waals surface area contributed by atoms with Gasteiger partial charge in [-0.2, -0.15) is 0 Å². The first-order chi connectivity index (χ1) is 30.1. The number of hydrogen-bond acceptors (Lipinski definition) is 14. The molecule has 4 bridgehead atoms. The van der Waals surface area contributed by atoms with Crippen molar-refractivity contribution >= 4 is 66.0 Å². The maximum atomic E-state index is 13.2. The van der Waals surface area contributed by atoms with Gasteiger partial charge in [-0.05, 0) is 89.1 Å². The highest BCUT2D eigenvalue weighted by molar-refractivity contribution is 6.29. The van der Waals surface area contributed by atoms with E-state index in [0.29, 0.717) is 41.9 Å². The predicted molar refractivity (Wildman–Crippen MR) is 237 cm³/mol. The number of nitrogens with zero attached hydrogens (tertiary/aromatic N) is 12. The first-order valence-corrected chi connectivity index (χ1v) is 20.4. The van der Waals surface area contributed by atoms with Gasteiger partial charge in [0.25, 0.3) is 0 Å². The van der Waals surface area contributed by atoms with E-state index in [4.69, 9.17) is 26.3 Å². The number of rotatable bonds is 5. The molecule has 2 saturated heterocycles. The number of anilines is 6. The Morgan fingerprint density at radius 3 is 1.77 bits per heavy atom. The van der Waals surface area contributed by atoms with Crippen molar-refractivity contribution in [2.75, 3.05) is 56.4 Å². The van der Waals surface area contributed by atoms with E-state index in [0.717, 1.165) is 84.4 Å². The van der Waals surface area contributed by atoms with Crippen LogP contribution < -0.4 is 34.9 Å². The van der Waals surface area contributed by atoms with Crippen molar-refractivity contribution in [3.05, 3.63) is 114 Å². The molecule has 10 rings (SSSR count). The van der Waals surface area contributed by atoms with E-state index in [1.165, 1.54) is 18.6 Å². The van der Waals surface area contributed by atoms with Crippen LogP contribution in [0.4, 0.5) is 44.2 Å². The Bertz CT molecular complexity index is 2580. The lowest BCUT2D eigenvalue weighted by Gasteiger charge is -2.35. The second-order valence-electron chi connectivity index (χ2n) is 14.9. The molecule has 62 heavy (non-hydrogen) atoms. The molecule has 0 unspecified atom stereocenters. The molecule has 1 radical (unpaired) electrons. The molecule has 20 heteroatoms. The highest BCUT2D eigenvalue weighted by Gasteiger charge is 2.41. The molecule has 4 amide bonds. The average Bonchev–Trinajstić information content (AvgIpc) is 3.88. The number of fused-ring (bicyclic) bond motifs is 8. The van der Waals surface area contributed by atoms with E-state index in [-0.39, 0.29) is 24.1 Å². The number of amides is 4. The molecule has 6 aromatic heterocycles. The largest absolute Gasteiger partial charge is 0.569 e. The summed E-state index contributed by atoms with van der Waals surface area (Å²) in [6.07, 6.45) is 11.1. The van der Waals surface area contributed by atoms with Crippen molar-refractivity contribution in [1.29, 1.82) is 0 Å². The van der Waals surface area contributed by atoms with Gasteiger partial charge in [0.05, 0.1) is 47.2 Å². The SMILES string of the molecule is Cc1ccc(-c2ccc3c(n2)N(C(=O)Nc2cnccn2)[C@H]2CCN3C2)c(C)n1.Cc1ccc(O[B]O)c(C)n1.O=C(Nc1cnccn1)N1c2nc(Cl)ccc2N2CC[C@H]1C2. The summed E-state index contributed by atoms with van der Waals surface area (Å²) in [7, 11) is 0.652. The first-order valence-electron chi connectivity index (χ1n) is 20.0. The molecule has 2 atom stereocenters. The van der Waals surface area contributed by atoms with Gasteiger partial charge >= 0.3 is 19.7 Å². The molecule has 2 fully saturated rings. The fourth-order valence-corrected chi connectivity index (χ4v) is 8.09. The Hall–Kier alpha value is -6.99. The molecule has 0 spiro atoms. The zero-order chi connectivity index (χ0) is 43.3.